The minimum atomic E-state index is 0. The molecule has 0 saturated heterocycles. The average molecular weight is 462 g/mol. The predicted molar refractivity (Wildman–Crippen MR) is 16.6 cm³/mol. The molecule has 0 saturated carbocycles. The van der Waals surface area contributed by atoms with Crippen molar-refractivity contribution in [2.24, 2.45) is 0 Å². The van der Waals surface area contributed by atoms with Crippen molar-refractivity contribution in [1.29, 1.82) is 0 Å². The molecule has 0 heterocycles. The monoisotopic (exact) mass is 463 g/mol. The molecule has 0 spiro atoms. The molecule has 0 aliphatic carbocycles. The summed E-state index contributed by atoms with van der Waals surface area (Å²) in [6.45, 7) is 0. The van der Waals surface area contributed by atoms with Crippen LogP contribution in [0.25, 0.3) is 0 Å². The Morgan fingerprint density at radius 3 is 1.40 bits per heavy atom. The Hall–Kier alpha value is 4.09. The summed E-state index contributed by atoms with van der Waals surface area (Å²) in [6, 6.07) is 0. The van der Waals surface area contributed by atoms with Gasteiger partial charge >= 0.3 is 106 Å². The fourth-order valence-electron chi connectivity index (χ4n) is 0. The van der Waals surface area contributed by atoms with E-state index in [2.05, 4.69) is 15.9 Å². The first kappa shape index (κ1) is 23.0. The maximum atomic E-state index is 7.81. The van der Waals surface area contributed by atoms with Gasteiger partial charge in [-0.1, -0.05) is 0 Å². The Labute approximate surface area is 136 Å². The fraction of sp³-hybridized carbons (Fsp3) is 0. The van der Waals surface area contributed by atoms with Crippen LogP contribution in [0.3, 0.4) is 0 Å². The summed E-state index contributed by atoms with van der Waals surface area (Å²) in [7, 11) is 0. The molecule has 0 bridgehead atoms. The van der Waals surface area contributed by atoms with Gasteiger partial charge in [-0.2, -0.15) is 0 Å². The van der Waals surface area contributed by atoms with Crippen molar-refractivity contribution < 1.29 is 53.2 Å². The first-order valence-electron chi connectivity index (χ1n) is 0.123. The second-order valence-electron chi connectivity index (χ2n) is 0. The quantitative estimate of drug-likeness (QED) is 0.448. The van der Waals surface area contributed by atoms with E-state index in [0.29, 0.717) is 0 Å². The van der Waals surface area contributed by atoms with E-state index in [-0.39, 0.29) is 120 Å². The van der Waals surface area contributed by atoms with Gasteiger partial charge in [-0.25, -0.2) is 0 Å². The molecule has 1 nitrogen and oxygen atoms in total. The van der Waals surface area contributed by atoms with Gasteiger partial charge in [0.2, 0.25) is 0 Å². The van der Waals surface area contributed by atoms with Gasteiger partial charge < -0.3 is 5.71 Å². The van der Waals surface area contributed by atoms with Crippen molar-refractivity contribution in [2.75, 3.05) is 0 Å². The molecule has 5 heteroatoms. The van der Waals surface area contributed by atoms with E-state index in [1.807, 2.05) is 0 Å². The minimum absolute atomic E-state index is 0. The predicted octanol–water partition coefficient (Wildman–Crippen LogP) is -0.435. The molecular weight excluding hydrogens is 458 g/mol. The van der Waals surface area contributed by atoms with E-state index < -0.39 is 0 Å². The molecule has 0 fully saturated rings. The molecular formula is H4BaCaCuHgO. The van der Waals surface area contributed by atoms with Crippen LogP contribution < -0.4 is 0 Å². The van der Waals surface area contributed by atoms with E-state index in [9.17, 15) is 0 Å². The summed E-state index contributed by atoms with van der Waals surface area (Å²) in [5.74, 6) is 0. The van der Waals surface area contributed by atoms with Crippen molar-refractivity contribution >= 4 is 86.6 Å². The van der Waals surface area contributed by atoms with Crippen LogP contribution in [0.4, 0.5) is 0 Å². The fourth-order valence-corrected chi connectivity index (χ4v) is 0. The normalized spacial score (nSPS) is 1.20. The first-order chi connectivity index (χ1) is 1.00. The molecule has 0 amide bonds. The van der Waals surface area contributed by atoms with Crippen molar-refractivity contribution in [3.05, 3.63) is 0 Å². The molecule has 0 N–H and O–H groups in total. The average Bonchev–Trinajstić information content (AvgIpc) is 1.00. The Balaban J connectivity index is -0.000000000238. The molecule has 5 heavy (non-hydrogen) atoms. The molecule has 0 aromatic rings. The summed E-state index contributed by atoms with van der Waals surface area (Å²) < 4.78 is 7.81. The zero-order chi connectivity index (χ0) is 2.00. The van der Waals surface area contributed by atoms with E-state index in [4.69, 9.17) is 3.83 Å². The van der Waals surface area contributed by atoms with Gasteiger partial charge in [-0.3, -0.25) is 0 Å². The standard InChI is InChI=1S/Ba.Ca.Cu.Hg.O.4H/q2*+2;;;;4*-1. The second-order valence-corrected chi connectivity index (χ2v) is 0. The topological polar surface area (TPSA) is 17.1 Å². The van der Waals surface area contributed by atoms with E-state index >= 15 is 0 Å². The summed E-state index contributed by atoms with van der Waals surface area (Å²) >= 11 is 2.94. The third-order valence-corrected chi connectivity index (χ3v) is 0. The van der Waals surface area contributed by atoms with Gasteiger partial charge in [0.15, 0.2) is 0 Å². The summed E-state index contributed by atoms with van der Waals surface area (Å²) in [5.41, 5.74) is 0. The molecule has 0 radical (unpaired) electrons. The Kier molecular flexibility index (Phi) is 112. The molecule has 0 rings (SSSR count). The molecule has 0 aromatic heterocycles. The summed E-state index contributed by atoms with van der Waals surface area (Å²) in [6.07, 6.45) is 0. The van der Waals surface area contributed by atoms with E-state index in [1.165, 1.54) is 0 Å². The van der Waals surface area contributed by atoms with Gasteiger partial charge in [0.25, 0.3) is 0 Å². The Bertz CT molecular complexity index is 20.5. The van der Waals surface area contributed by atoms with E-state index in [1.54, 1.807) is 0 Å². The van der Waals surface area contributed by atoms with Crippen molar-refractivity contribution in [1.82, 2.24) is 0 Å². The van der Waals surface area contributed by atoms with Gasteiger partial charge in [-0.15, -0.1) is 0 Å². The van der Waals surface area contributed by atoms with Crippen LogP contribution in [0.2, 0.25) is 0 Å². The van der Waals surface area contributed by atoms with E-state index in [0.717, 1.165) is 0 Å². The van der Waals surface area contributed by atoms with Crippen LogP contribution >= 0.6 is 0 Å². The van der Waals surface area contributed by atoms with Gasteiger partial charge in [0.05, 0.1) is 0 Å². The van der Waals surface area contributed by atoms with Gasteiger partial charge in [0, 0.05) is 27.7 Å². The molecule has 0 aliphatic heterocycles. The van der Waals surface area contributed by atoms with Crippen LogP contribution in [0.15, 0.2) is 0 Å². The van der Waals surface area contributed by atoms with Crippen molar-refractivity contribution in [3.8, 4) is 0 Å². The molecule has 27 valence electrons. The maximum absolute atomic E-state index is 7.81. The SMILES string of the molecule is [Ba+2].[Ca+2].[H-].[H-].[H-].[H-].[Hg].[O]=[Cu]. The molecule has 0 aromatic carbocycles. The van der Waals surface area contributed by atoms with Gasteiger partial charge in [-0.05, 0) is 0 Å². The summed E-state index contributed by atoms with van der Waals surface area (Å²) in [4.78, 5) is 0. The van der Waals surface area contributed by atoms with Crippen LogP contribution in [0, 0.1) is 0 Å². The van der Waals surface area contributed by atoms with Crippen LogP contribution in [0.5, 0.6) is 0 Å². The third-order valence-electron chi connectivity index (χ3n) is 0. The van der Waals surface area contributed by atoms with Crippen LogP contribution in [-0.4, -0.2) is 86.6 Å². The zero-order valence-corrected chi connectivity index (χ0v) is 15.9. The summed E-state index contributed by atoms with van der Waals surface area (Å²) in [5, 5.41) is 0. The molecule has 0 unspecified atom stereocenters. The Morgan fingerprint density at radius 1 is 1.40 bits per heavy atom. The number of hydrogen-bond acceptors (Lipinski definition) is 1. The first-order valence-corrected chi connectivity index (χ1v) is 0.508. The molecule has 0 atom stereocenters. The van der Waals surface area contributed by atoms with Crippen LogP contribution in [0.1, 0.15) is 5.71 Å². The zero-order valence-electron chi connectivity index (χ0n) is 6.83. The number of rotatable bonds is 0. The Morgan fingerprint density at radius 2 is 1.40 bits per heavy atom. The number of hydrogen-bond donors (Lipinski definition) is 0. The molecule has 0 aliphatic rings. The second kappa shape index (κ2) is 24.3. The van der Waals surface area contributed by atoms with Crippen molar-refractivity contribution in [3.63, 3.8) is 0 Å². The van der Waals surface area contributed by atoms with Crippen LogP contribution in [-0.2, 0) is 47.4 Å². The van der Waals surface area contributed by atoms with Gasteiger partial charge in [0.1, 0.15) is 0 Å². The van der Waals surface area contributed by atoms with Crippen molar-refractivity contribution in [2.45, 2.75) is 0 Å². The third kappa shape index (κ3) is 17.9.